The fourth-order valence-corrected chi connectivity index (χ4v) is 1.24. The molecule has 0 fully saturated rings. The van der Waals surface area contributed by atoms with E-state index in [1.165, 1.54) is 0 Å². The van der Waals surface area contributed by atoms with E-state index in [0.717, 1.165) is 11.5 Å². The van der Waals surface area contributed by atoms with Crippen LogP contribution in [0.25, 0.3) is 0 Å². The lowest BCUT2D eigenvalue weighted by molar-refractivity contribution is -0.129. The molecule has 3 N–H and O–H groups in total. The zero-order valence-electron chi connectivity index (χ0n) is 10.3. The Balaban J connectivity index is 2.65. The number of nitrogens with two attached hydrogens (primary N) is 1. The predicted octanol–water partition coefficient (Wildman–Crippen LogP) is 1.75. The van der Waals surface area contributed by atoms with Crippen molar-refractivity contribution in [1.29, 1.82) is 0 Å². The van der Waals surface area contributed by atoms with Gasteiger partial charge >= 0.3 is 0 Å². The van der Waals surface area contributed by atoms with E-state index in [2.05, 4.69) is 5.32 Å². The largest absolute Gasteiger partial charge is 0.464 e. The van der Waals surface area contributed by atoms with Crippen LogP contribution < -0.4 is 11.1 Å². The van der Waals surface area contributed by atoms with Gasteiger partial charge in [0.25, 0.3) is 0 Å². The van der Waals surface area contributed by atoms with E-state index in [1.54, 1.807) is 0 Å². The first kappa shape index (κ1) is 12.8. The van der Waals surface area contributed by atoms with Crippen molar-refractivity contribution in [3.63, 3.8) is 0 Å². The molecule has 1 atom stereocenters. The lowest BCUT2D eigenvalue weighted by atomic mass is 9.92. The van der Waals surface area contributed by atoms with Crippen LogP contribution in [-0.4, -0.2) is 12.5 Å². The van der Waals surface area contributed by atoms with Gasteiger partial charge in [0.1, 0.15) is 11.5 Å². The Morgan fingerprint density at radius 1 is 1.56 bits per heavy atom. The molecule has 1 heterocycles. The minimum atomic E-state index is -0.546. The summed E-state index contributed by atoms with van der Waals surface area (Å²) in [7, 11) is 0. The molecule has 1 aromatic rings. The second-order valence-electron chi connectivity index (χ2n) is 4.73. The molecule has 0 aliphatic rings. The summed E-state index contributed by atoms with van der Waals surface area (Å²) in [6.45, 7) is 7.73. The van der Waals surface area contributed by atoms with Crippen LogP contribution in [0, 0.1) is 12.3 Å². The quantitative estimate of drug-likeness (QED) is 0.818. The molecule has 0 saturated carbocycles. The molecule has 0 bridgehead atoms. The van der Waals surface area contributed by atoms with Crippen molar-refractivity contribution in [2.75, 3.05) is 6.54 Å². The van der Waals surface area contributed by atoms with Crippen LogP contribution in [0.4, 0.5) is 0 Å². The molecule has 1 unspecified atom stereocenters. The number of carbonyl (C=O) groups is 1. The number of aryl methyl sites for hydroxylation is 1. The fraction of sp³-hybridized carbons (Fsp3) is 0.583. The molecule has 0 spiro atoms. The number of hydrogen-bond acceptors (Lipinski definition) is 3. The molecule has 4 nitrogen and oxygen atoms in total. The lowest BCUT2D eigenvalue weighted by Crippen LogP contribution is -2.42. The first-order valence-electron chi connectivity index (χ1n) is 5.44. The van der Waals surface area contributed by atoms with Gasteiger partial charge in [-0.05, 0) is 39.8 Å². The van der Waals surface area contributed by atoms with E-state index in [4.69, 9.17) is 10.2 Å². The molecular weight excluding hydrogens is 204 g/mol. The van der Waals surface area contributed by atoms with E-state index >= 15 is 0 Å². The summed E-state index contributed by atoms with van der Waals surface area (Å²) in [5, 5.41) is 2.89. The average molecular weight is 224 g/mol. The molecule has 0 aliphatic carbocycles. The van der Waals surface area contributed by atoms with E-state index < -0.39 is 5.41 Å². The number of furan rings is 1. The smallest absolute Gasteiger partial charge is 0.227 e. The summed E-state index contributed by atoms with van der Waals surface area (Å²) in [4.78, 5) is 11.9. The summed E-state index contributed by atoms with van der Waals surface area (Å²) in [5.74, 6) is 1.55. The Morgan fingerprint density at radius 2 is 2.19 bits per heavy atom. The molecule has 4 heteroatoms. The highest BCUT2D eigenvalue weighted by Crippen LogP contribution is 2.19. The molecule has 0 saturated heterocycles. The Kier molecular flexibility index (Phi) is 3.75. The normalized spacial score (nSPS) is 13.6. The molecule has 1 aromatic heterocycles. The summed E-state index contributed by atoms with van der Waals surface area (Å²) < 4.78 is 5.45. The first-order valence-corrected chi connectivity index (χ1v) is 5.44. The molecule has 90 valence electrons. The first-order chi connectivity index (χ1) is 7.36. The van der Waals surface area contributed by atoms with Gasteiger partial charge in [-0.15, -0.1) is 0 Å². The molecule has 1 amide bonds. The number of amides is 1. The maximum absolute atomic E-state index is 11.9. The van der Waals surface area contributed by atoms with Crippen LogP contribution in [0.5, 0.6) is 0 Å². The topological polar surface area (TPSA) is 68.3 Å². The predicted molar refractivity (Wildman–Crippen MR) is 62.8 cm³/mol. The van der Waals surface area contributed by atoms with Gasteiger partial charge in [-0.1, -0.05) is 0 Å². The highest BCUT2D eigenvalue weighted by molar-refractivity contribution is 5.82. The summed E-state index contributed by atoms with van der Waals surface area (Å²) >= 11 is 0. The Bertz CT molecular complexity index is 369. The van der Waals surface area contributed by atoms with Crippen molar-refractivity contribution in [3.05, 3.63) is 23.7 Å². The third-order valence-electron chi connectivity index (χ3n) is 2.66. The van der Waals surface area contributed by atoms with Gasteiger partial charge in [-0.2, -0.15) is 0 Å². The van der Waals surface area contributed by atoms with Crippen molar-refractivity contribution >= 4 is 5.91 Å². The van der Waals surface area contributed by atoms with Crippen LogP contribution >= 0.6 is 0 Å². The number of carbonyl (C=O) groups excluding carboxylic acids is 1. The van der Waals surface area contributed by atoms with E-state index in [-0.39, 0.29) is 11.9 Å². The molecule has 1 rings (SSSR count). The van der Waals surface area contributed by atoms with E-state index in [1.807, 2.05) is 39.8 Å². The van der Waals surface area contributed by atoms with Crippen LogP contribution in [-0.2, 0) is 4.79 Å². The third kappa shape index (κ3) is 2.85. The van der Waals surface area contributed by atoms with Crippen LogP contribution in [0.2, 0.25) is 0 Å². The van der Waals surface area contributed by atoms with Gasteiger partial charge in [0, 0.05) is 6.54 Å². The van der Waals surface area contributed by atoms with Gasteiger partial charge in [0.2, 0.25) is 5.91 Å². The average Bonchev–Trinajstić information content (AvgIpc) is 2.64. The summed E-state index contributed by atoms with van der Waals surface area (Å²) in [5.41, 5.74) is 5.00. The Labute approximate surface area is 96.2 Å². The van der Waals surface area contributed by atoms with Crippen LogP contribution in [0.1, 0.15) is 38.3 Å². The monoisotopic (exact) mass is 224 g/mol. The Morgan fingerprint density at radius 3 is 2.62 bits per heavy atom. The zero-order chi connectivity index (χ0) is 12.3. The van der Waals surface area contributed by atoms with Crippen molar-refractivity contribution in [2.45, 2.75) is 33.7 Å². The molecule has 0 radical (unpaired) electrons. The van der Waals surface area contributed by atoms with Crippen molar-refractivity contribution in [2.24, 2.45) is 11.1 Å². The number of hydrogen-bond donors (Lipinski definition) is 2. The zero-order valence-corrected chi connectivity index (χ0v) is 10.3. The molecular formula is C12H20N2O2. The minimum Gasteiger partial charge on any atom is -0.464 e. The molecule has 0 aromatic carbocycles. The number of rotatable bonds is 4. The SMILES string of the molecule is Cc1ccc(C(C)NC(=O)C(C)(C)CN)o1. The fourth-order valence-electron chi connectivity index (χ4n) is 1.24. The maximum atomic E-state index is 11.9. The van der Waals surface area contributed by atoms with E-state index in [9.17, 15) is 4.79 Å². The molecule has 16 heavy (non-hydrogen) atoms. The summed E-state index contributed by atoms with van der Waals surface area (Å²) in [6, 6.07) is 3.62. The van der Waals surface area contributed by atoms with Gasteiger partial charge < -0.3 is 15.5 Å². The second kappa shape index (κ2) is 4.70. The van der Waals surface area contributed by atoms with Crippen LogP contribution in [0.15, 0.2) is 16.5 Å². The molecule has 0 aliphatic heterocycles. The van der Waals surface area contributed by atoms with Crippen molar-refractivity contribution in [3.8, 4) is 0 Å². The van der Waals surface area contributed by atoms with Gasteiger partial charge in [-0.3, -0.25) is 4.79 Å². The lowest BCUT2D eigenvalue weighted by Gasteiger charge is -2.23. The van der Waals surface area contributed by atoms with Crippen molar-refractivity contribution in [1.82, 2.24) is 5.32 Å². The van der Waals surface area contributed by atoms with E-state index in [0.29, 0.717) is 6.54 Å². The maximum Gasteiger partial charge on any atom is 0.227 e. The van der Waals surface area contributed by atoms with Gasteiger partial charge in [-0.25, -0.2) is 0 Å². The number of nitrogens with one attached hydrogen (secondary N) is 1. The Hall–Kier alpha value is -1.29. The second-order valence-corrected chi connectivity index (χ2v) is 4.73. The summed E-state index contributed by atoms with van der Waals surface area (Å²) in [6.07, 6.45) is 0. The van der Waals surface area contributed by atoms with Gasteiger partial charge in [0.15, 0.2) is 0 Å². The highest BCUT2D eigenvalue weighted by atomic mass is 16.3. The minimum absolute atomic E-state index is 0.0587. The van der Waals surface area contributed by atoms with Gasteiger partial charge in [0.05, 0.1) is 11.5 Å². The highest BCUT2D eigenvalue weighted by Gasteiger charge is 2.27. The third-order valence-corrected chi connectivity index (χ3v) is 2.66. The van der Waals surface area contributed by atoms with Crippen molar-refractivity contribution < 1.29 is 9.21 Å². The van der Waals surface area contributed by atoms with Crippen LogP contribution in [0.3, 0.4) is 0 Å². The standard InChI is InChI=1S/C12H20N2O2/c1-8-5-6-10(16-8)9(2)14-11(15)12(3,4)7-13/h5-6,9H,7,13H2,1-4H3,(H,14,15).